The number of aliphatic hydroxyl groups is 1. The lowest BCUT2D eigenvalue weighted by Crippen LogP contribution is -2.45. The topological polar surface area (TPSA) is 82.6 Å². The largest absolute Gasteiger partial charge is 0.392 e. The van der Waals surface area contributed by atoms with Gasteiger partial charge in [-0.25, -0.2) is 4.90 Å². The Hall–Kier alpha value is -3.40. The van der Waals surface area contributed by atoms with Crippen molar-refractivity contribution in [3.8, 4) is 0 Å². The molecule has 224 valence electrons. The molecule has 4 heterocycles. The summed E-state index contributed by atoms with van der Waals surface area (Å²) in [6.07, 6.45) is 5.04. The van der Waals surface area contributed by atoms with Crippen molar-refractivity contribution in [3.63, 3.8) is 0 Å². The third-order valence-corrected chi connectivity index (χ3v) is 9.44. The van der Waals surface area contributed by atoms with Crippen LogP contribution in [-0.2, 0) is 16.1 Å². The van der Waals surface area contributed by atoms with Crippen molar-refractivity contribution in [2.45, 2.75) is 63.3 Å². The van der Waals surface area contributed by atoms with Gasteiger partial charge in [-0.1, -0.05) is 48.5 Å². The molecule has 0 spiro atoms. The lowest BCUT2D eigenvalue weighted by molar-refractivity contribution is -0.253. The van der Waals surface area contributed by atoms with Crippen LogP contribution in [0.1, 0.15) is 81.9 Å². The maximum atomic E-state index is 13.0. The highest BCUT2D eigenvalue weighted by Crippen LogP contribution is 2.39. The van der Waals surface area contributed by atoms with E-state index in [1.165, 1.54) is 43.7 Å². The summed E-state index contributed by atoms with van der Waals surface area (Å²) in [5.74, 6) is -0.613. The molecule has 3 saturated heterocycles. The quantitative estimate of drug-likeness (QED) is 0.372. The van der Waals surface area contributed by atoms with Crippen molar-refractivity contribution in [2.75, 3.05) is 37.6 Å². The Kier molecular flexibility index (Phi) is 8.12. The predicted molar refractivity (Wildman–Crippen MR) is 163 cm³/mol. The van der Waals surface area contributed by atoms with E-state index in [1.807, 2.05) is 36.4 Å². The number of nitrogens with zero attached hydrogens (tertiary/aromatic N) is 3. The third kappa shape index (κ3) is 5.78. The van der Waals surface area contributed by atoms with Gasteiger partial charge in [0.1, 0.15) is 0 Å². The van der Waals surface area contributed by atoms with E-state index in [9.17, 15) is 14.7 Å². The standard InChI is InChI=1S/C35H39N3O5/c39-23-24-9-11-25(12-10-24)32-20-29(22-37-19-5-6-28(37)21-36-17-3-4-18-36)42-35(43-32)26-13-15-27(16-14-26)38-33(40)30-7-1-2-8-31(30)34(38)41/h1-2,7-16,28-29,32,35,39H,3-6,17-23H2. The molecule has 43 heavy (non-hydrogen) atoms. The second kappa shape index (κ2) is 12.3. The van der Waals surface area contributed by atoms with E-state index in [1.54, 1.807) is 36.4 Å². The first kappa shape index (κ1) is 28.4. The normalized spacial score (nSPS) is 26.4. The molecule has 3 aromatic carbocycles. The van der Waals surface area contributed by atoms with Gasteiger partial charge in [0.05, 0.1) is 35.6 Å². The van der Waals surface area contributed by atoms with Crippen molar-refractivity contribution >= 4 is 17.5 Å². The fourth-order valence-electron chi connectivity index (χ4n) is 7.10. The molecule has 0 bridgehead atoms. The van der Waals surface area contributed by atoms with Crippen LogP contribution in [0, 0.1) is 0 Å². The van der Waals surface area contributed by atoms with Gasteiger partial charge in [0.2, 0.25) is 0 Å². The zero-order chi connectivity index (χ0) is 29.3. The van der Waals surface area contributed by atoms with E-state index >= 15 is 0 Å². The number of carbonyl (C=O) groups is 2. The summed E-state index contributed by atoms with van der Waals surface area (Å²) in [4.78, 5) is 32.5. The van der Waals surface area contributed by atoms with Gasteiger partial charge in [0.15, 0.2) is 6.29 Å². The Morgan fingerprint density at radius 3 is 2.09 bits per heavy atom. The van der Waals surface area contributed by atoms with Crippen LogP contribution >= 0.6 is 0 Å². The van der Waals surface area contributed by atoms with Gasteiger partial charge in [-0.3, -0.25) is 14.5 Å². The van der Waals surface area contributed by atoms with Crippen molar-refractivity contribution in [2.24, 2.45) is 0 Å². The summed E-state index contributed by atoms with van der Waals surface area (Å²) >= 11 is 0. The lowest BCUT2D eigenvalue weighted by atomic mass is 9.99. The zero-order valence-corrected chi connectivity index (χ0v) is 24.4. The fraction of sp³-hybridized carbons (Fsp3) is 0.429. The smallest absolute Gasteiger partial charge is 0.266 e. The second-order valence-corrected chi connectivity index (χ2v) is 12.2. The number of anilines is 1. The van der Waals surface area contributed by atoms with Crippen LogP contribution in [0.4, 0.5) is 5.69 Å². The molecule has 7 rings (SSSR count). The van der Waals surface area contributed by atoms with Crippen molar-refractivity contribution in [1.29, 1.82) is 0 Å². The van der Waals surface area contributed by atoms with Crippen molar-refractivity contribution in [1.82, 2.24) is 9.80 Å². The minimum Gasteiger partial charge on any atom is -0.392 e. The molecule has 0 aromatic heterocycles. The molecule has 4 unspecified atom stereocenters. The number of rotatable bonds is 8. The monoisotopic (exact) mass is 581 g/mol. The molecule has 3 fully saturated rings. The van der Waals surface area contributed by atoms with Gasteiger partial charge >= 0.3 is 0 Å². The number of benzene rings is 3. The first-order valence-corrected chi connectivity index (χ1v) is 15.6. The first-order chi connectivity index (χ1) is 21.1. The molecule has 4 atom stereocenters. The number of fused-ring (bicyclic) bond motifs is 1. The Balaban J connectivity index is 1.10. The molecule has 2 amide bonds. The van der Waals surface area contributed by atoms with E-state index in [0.29, 0.717) is 22.9 Å². The fourth-order valence-corrected chi connectivity index (χ4v) is 7.10. The second-order valence-electron chi connectivity index (χ2n) is 12.2. The first-order valence-electron chi connectivity index (χ1n) is 15.6. The number of likely N-dealkylation sites (tertiary alicyclic amines) is 2. The van der Waals surface area contributed by atoms with Gasteiger partial charge in [-0.2, -0.15) is 0 Å². The van der Waals surface area contributed by atoms with Crippen LogP contribution in [0.5, 0.6) is 0 Å². The summed E-state index contributed by atoms with van der Waals surface area (Å²) in [5, 5.41) is 9.54. The molecule has 1 N–H and O–H groups in total. The molecule has 0 radical (unpaired) electrons. The molecular weight excluding hydrogens is 542 g/mol. The molecule has 3 aromatic rings. The Morgan fingerprint density at radius 1 is 0.744 bits per heavy atom. The third-order valence-electron chi connectivity index (χ3n) is 9.44. The van der Waals surface area contributed by atoms with Gasteiger partial charge in [-0.05, 0) is 80.7 Å². The van der Waals surface area contributed by atoms with Crippen LogP contribution in [0.3, 0.4) is 0 Å². The lowest BCUT2D eigenvalue weighted by Gasteiger charge is -2.39. The van der Waals surface area contributed by atoms with Crippen LogP contribution in [0.15, 0.2) is 72.8 Å². The zero-order valence-electron chi connectivity index (χ0n) is 24.4. The molecule has 4 aliphatic rings. The van der Waals surface area contributed by atoms with Gasteiger partial charge in [0, 0.05) is 31.1 Å². The minimum absolute atomic E-state index is 0.00693. The van der Waals surface area contributed by atoms with Gasteiger partial charge < -0.3 is 19.5 Å². The maximum absolute atomic E-state index is 13.0. The molecular formula is C35H39N3O5. The Labute approximate surface area is 252 Å². The Morgan fingerprint density at radius 2 is 1.42 bits per heavy atom. The maximum Gasteiger partial charge on any atom is 0.266 e. The molecule has 4 aliphatic heterocycles. The summed E-state index contributed by atoms with van der Waals surface area (Å²) in [7, 11) is 0. The van der Waals surface area contributed by atoms with E-state index in [2.05, 4.69) is 9.80 Å². The average Bonchev–Trinajstić information content (AvgIpc) is 3.78. The molecule has 0 saturated carbocycles. The highest BCUT2D eigenvalue weighted by atomic mass is 16.7. The number of imide groups is 1. The summed E-state index contributed by atoms with van der Waals surface area (Å²) < 4.78 is 13.2. The van der Waals surface area contributed by atoms with Crippen LogP contribution < -0.4 is 4.90 Å². The number of amides is 2. The van der Waals surface area contributed by atoms with Gasteiger partial charge in [0.25, 0.3) is 11.8 Å². The van der Waals surface area contributed by atoms with Gasteiger partial charge in [-0.15, -0.1) is 0 Å². The van der Waals surface area contributed by atoms with E-state index in [4.69, 9.17) is 9.47 Å². The van der Waals surface area contributed by atoms with Crippen LogP contribution in [-0.4, -0.2) is 71.6 Å². The molecule has 0 aliphatic carbocycles. The number of ether oxygens (including phenoxy) is 2. The van der Waals surface area contributed by atoms with E-state index < -0.39 is 6.29 Å². The highest BCUT2D eigenvalue weighted by Gasteiger charge is 2.38. The number of carbonyl (C=O) groups excluding carboxylic acids is 2. The van der Waals surface area contributed by atoms with Crippen LogP contribution in [0.25, 0.3) is 0 Å². The molecule has 8 heteroatoms. The highest BCUT2D eigenvalue weighted by molar-refractivity contribution is 6.34. The SMILES string of the molecule is O=C1c2ccccc2C(=O)N1c1ccc(C2OC(CN3CCCC3CN3CCCC3)CC(c3ccc(CO)cc3)O2)cc1. The minimum atomic E-state index is -0.586. The summed E-state index contributed by atoms with van der Waals surface area (Å²) in [5.41, 5.74) is 4.16. The Bertz CT molecular complexity index is 1420. The summed E-state index contributed by atoms with van der Waals surface area (Å²) in [6.45, 7) is 5.52. The van der Waals surface area contributed by atoms with Crippen LogP contribution in [0.2, 0.25) is 0 Å². The number of hydrogen-bond acceptors (Lipinski definition) is 7. The number of aliphatic hydroxyl groups excluding tert-OH is 1. The van der Waals surface area contributed by atoms with Crippen molar-refractivity contribution < 1.29 is 24.2 Å². The summed E-state index contributed by atoms with van der Waals surface area (Å²) in [6, 6.07) is 22.8. The van der Waals surface area contributed by atoms with E-state index in [-0.39, 0.29) is 30.6 Å². The molecule has 8 nitrogen and oxygen atoms in total. The van der Waals surface area contributed by atoms with Crippen molar-refractivity contribution in [3.05, 3.63) is 101 Å². The number of hydrogen-bond donors (Lipinski definition) is 1. The average molecular weight is 582 g/mol. The van der Waals surface area contributed by atoms with E-state index in [0.717, 1.165) is 42.7 Å². The predicted octanol–water partition coefficient (Wildman–Crippen LogP) is 5.09.